The highest BCUT2D eigenvalue weighted by atomic mass is 32.2. The molecule has 0 radical (unpaired) electrons. The molecular weight excluding hydrogens is 430 g/mol. The molecule has 0 fully saturated rings. The van der Waals surface area contributed by atoms with Crippen LogP contribution in [0.3, 0.4) is 0 Å². The van der Waals surface area contributed by atoms with E-state index in [1.165, 1.54) is 0 Å². The van der Waals surface area contributed by atoms with Crippen LogP contribution in [0.25, 0.3) is 0 Å². The topological polar surface area (TPSA) is 158 Å². The minimum atomic E-state index is -3.73. The third-order valence-corrected chi connectivity index (χ3v) is 5.23. The standard InChI is InChI=1S/C21H27N7O3S/c1-3-15-11-24-21(25-12-15)26-13-17-9-19(22)27-20(10-17)31-18-6-4-16(5-7-18)8-14(2)28-32(23,29)30/h4-7,9-12,14,28H,3,8,13H2,1-2H3,(H2,22,27)(H2,23,29,30)(H,24,25,26). The summed E-state index contributed by atoms with van der Waals surface area (Å²) in [6, 6.07) is 10.5. The van der Waals surface area contributed by atoms with Crippen molar-refractivity contribution in [1.82, 2.24) is 19.7 Å². The number of ether oxygens (including phenoxy) is 1. The Morgan fingerprint density at radius 3 is 2.38 bits per heavy atom. The van der Waals surface area contributed by atoms with Crippen molar-refractivity contribution in [3.63, 3.8) is 0 Å². The molecule has 2 heterocycles. The molecule has 10 nitrogen and oxygen atoms in total. The highest BCUT2D eigenvalue weighted by molar-refractivity contribution is 7.87. The summed E-state index contributed by atoms with van der Waals surface area (Å²) in [4.78, 5) is 12.8. The summed E-state index contributed by atoms with van der Waals surface area (Å²) in [7, 11) is -3.73. The van der Waals surface area contributed by atoms with E-state index < -0.39 is 10.2 Å². The van der Waals surface area contributed by atoms with Crippen molar-refractivity contribution >= 4 is 22.0 Å². The van der Waals surface area contributed by atoms with Gasteiger partial charge in [0.2, 0.25) is 11.8 Å². The smallest absolute Gasteiger partial charge is 0.274 e. The van der Waals surface area contributed by atoms with E-state index in [1.807, 2.05) is 19.1 Å². The van der Waals surface area contributed by atoms with Crippen LogP contribution in [0.5, 0.6) is 11.6 Å². The Balaban J connectivity index is 1.61. The Kier molecular flexibility index (Phi) is 7.57. The predicted molar refractivity (Wildman–Crippen MR) is 123 cm³/mol. The number of hydrogen-bond acceptors (Lipinski definition) is 8. The lowest BCUT2D eigenvalue weighted by Crippen LogP contribution is -2.38. The van der Waals surface area contributed by atoms with E-state index in [2.05, 4.69) is 25.0 Å². The molecule has 0 spiro atoms. The van der Waals surface area contributed by atoms with Gasteiger partial charge in [0, 0.05) is 31.0 Å². The van der Waals surface area contributed by atoms with Gasteiger partial charge in [-0.05, 0) is 54.7 Å². The average Bonchev–Trinajstić information content (AvgIpc) is 2.72. The number of aryl methyl sites for hydroxylation is 1. The lowest BCUT2D eigenvalue weighted by atomic mass is 10.1. The maximum absolute atomic E-state index is 11.1. The van der Waals surface area contributed by atoms with Crippen LogP contribution >= 0.6 is 0 Å². The normalized spacial score (nSPS) is 12.3. The van der Waals surface area contributed by atoms with Gasteiger partial charge in [0.05, 0.1) is 0 Å². The van der Waals surface area contributed by atoms with Crippen LogP contribution in [-0.2, 0) is 29.6 Å². The molecule has 3 rings (SSSR count). The number of hydrogen-bond donors (Lipinski definition) is 4. The maximum Gasteiger partial charge on any atom is 0.274 e. The summed E-state index contributed by atoms with van der Waals surface area (Å²) in [5.74, 6) is 1.81. The van der Waals surface area contributed by atoms with Gasteiger partial charge in [0.15, 0.2) is 0 Å². The van der Waals surface area contributed by atoms with E-state index in [-0.39, 0.29) is 6.04 Å². The molecule has 6 N–H and O–H groups in total. The van der Waals surface area contributed by atoms with Crippen LogP contribution in [0.2, 0.25) is 0 Å². The molecule has 2 aromatic heterocycles. The van der Waals surface area contributed by atoms with Gasteiger partial charge in [-0.2, -0.15) is 18.1 Å². The Bertz CT molecular complexity index is 1140. The summed E-state index contributed by atoms with van der Waals surface area (Å²) < 4.78 is 30.4. The fraction of sp³-hybridized carbons (Fsp3) is 0.286. The summed E-state index contributed by atoms with van der Waals surface area (Å²) in [6.45, 7) is 4.25. The monoisotopic (exact) mass is 457 g/mol. The second-order valence-corrected chi connectivity index (χ2v) is 8.70. The van der Waals surface area contributed by atoms with Crippen LogP contribution in [0.15, 0.2) is 48.8 Å². The summed E-state index contributed by atoms with van der Waals surface area (Å²) in [5, 5.41) is 8.16. The number of anilines is 2. The molecule has 0 aliphatic rings. The molecule has 0 bridgehead atoms. The highest BCUT2D eigenvalue weighted by Gasteiger charge is 2.10. The van der Waals surface area contributed by atoms with Crippen molar-refractivity contribution in [2.45, 2.75) is 39.3 Å². The van der Waals surface area contributed by atoms with Gasteiger partial charge >= 0.3 is 0 Å². The van der Waals surface area contributed by atoms with Crippen molar-refractivity contribution in [3.8, 4) is 11.6 Å². The molecule has 0 amide bonds. The Labute approximate surface area is 187 Å². The fourth-order valence-electron chi connectivity index (χ4n) is 3.04. The second kappa shape index (κ2) is 10.4. The molecule has 0 saturated heterocycles. The summed E-state index contributed by atoms with van der Waals surface area (Å²) in [6.07, 6.45) is 4.96. The number of rotatable bonds is 10. The number of aromatic nitrogens is 3. The predicted octanol–water partition coefficient (Wildman–Crippen LogP) is 2.14. The largest absolute Gasteiger partial charge is 0.439 e. The SMILES string of the molecule is CCc1cnc(NCc2cc(N)nc(Oc3ccc(CC(C)NS(N)(=O)=O)cc3)c2)nc1. The fourth-order valence-corrected chi connectivity index (χ4v) is 3.68. The average molecular weight is 458 g/mol. The Hall–Kier alpha value is -3.28. The first-order valence-corrected chi connectivity index (χ1v) is 11.6. The van der Waals surface area contributed by atoms with Gasteiger partial charge in [-0.25, -0.2) is 15.1 Å². The highest BCUT2D eigenvalue weighted by Crippen LogP contribution is 2.23. The number of nitrogen functional groups attached to an aromatic ring is 1. The van der Waals surface area contributed by atoms with Gasteiger partial charge < -0.3 is 15.8 Å². The van der Waals surface area contributed by atoms with Crippen LogP contribution in [0, 0.1) is 0 Å². The van der Waals surface area contributed by atoms with E-state index in [9.17, 15) is 8.42 Å². The number of nitrogens with two attached hydrogens (primary N) is 2. The molecule has 170 valence electrons. The van der Waals surface area contributed by atoms with Gasteiger partial charge in [-0.3, -0.25) is 0 Å². The third-order valence-electron chi connectivity index (χ3n) is 4.50. The molecule has 0 aliphatic heterocycles. The van der Waals surface area contributed by atoms with E-state index >= 15 is 0 Å². The molecule has 32 heavy (non-hydrogen) atoms. The quantitative estimate of drug-likeness (QED) is 0.360. The molecule has 1 atom stereocenters. The zero-order valence-electron chi connectivity index (χ0n) is 17.9. The van der Waals surface area contributed by atoms with Crippen LogP contribution in [0.1, 0.15) is 30.5 Å². The van der Waals surface area contributed by atoms with E-state index in [4.69, 9.17) is 15.6 Å². The summed E-state index contributed by atoms with van der Waals surface area (Å²) >= 11 is 0. The summed E-state index contributed by atoms with van der Waals surface area (Å²) in [5.41, 5.74) is 8.80. The molecule has 0 aliphatic carbocycles. The first-order chi connectivity index (χ1) is 15.2. The van der Waals surface area contributed by atoms with Crippen LogP contribution < -0.4 is 25.6 Å². The first kappa shape index (κ1) is 23.4. The molecule has 11 heteroatoms. The minimum Gasteiger partial charge on any atom is -0.439 e. The van der Waals surface area contributed by atoms with Crippen molar-refractivity contribution in [3.05, 3.63) is 65.5 Å². The van der Waals surface area contributed by atoms with Gasteiger partial charge in [-0.1, -0.05) is 19.1 Å². The molecular formula is C21H27N7O3S. The van der Waals surface area contributed by atoms with Crippen LogP contribution in [-0.4, -0.2) is 29.4 Å². The number of pyridine rings is 1. The lowest BCUT2D eigenvalue weighted by molar-refractivity contribution is 0.463. The maximum atomic E-state index is 11.1. The molecule has 1 aromatic carbocycles. The Morgan fingerprint density at radius 1 is 1.06 bits per heavy atom. The van der Waals surface area contributed by atoms with Crippen molar-refractivity contribution < 1.29 is 13.2 Å². The van der Waals surface area contributed by atoms with Gasteiger partial charge in [0.25, 0.3) is 10.2 Å². The molecule has 3 aromatic rings. The molecule has 0 saturated carbocycles. The second-order valence-electron chi connectivity index (χ2n) is 7.37. The third kappa shape index (κ3) is 7.45. The number of nitrogens with one attached hydrogen (secondary N) is 2. The first-order valence-electron chi connectivity index (χ1n) is 10.1. The molecule has 1 unspecified atom stereocenters. The van der Waals surface area contributed by atoms with Crippen molar-refractivity contribution in [2.75, 3.05) is 11.1 Å². The van der Waals surface area contributed by atoms with Gasteiger partial charge in [-0.15, -0.1) is 0 Å². The zero-order chi connectivity index (χ0) is 23.1. The van der Waals surface area contributed by atoms with Gasteiger partial charge in [0.1, 0.15) is 11.6 Å². The lowest BCUT2D eigenvalue weighted by Gasteiger charge is -2.13. The zero-order valence-corrected chi connectivity index (χ0v) is 18.8. The minimum absolute atomic E-state index is 0.329. The Morgan fingerprint density at radius 2 is 1.75 bits per heavy atom. The van der Waals surface area contributed by atoms with Crippen molar-refractivity contribution in [1.29, 1.82) is 0 Å². The number of nitrogens with zero attached hydrogens (tertiary/aromatic N) is 3. The van der Waals surface area contributed by atoms with E-state index in [0.717, 1.165) is 23.1 Å². The van der Waals surface area contributed by atoms with E-state index in [0.29, 0.717) is 36.4 Å². The van der Waals surface area contributed by atoms with E-state index in [1.54, 1.807) is 43.6 Å². The van der Waals surface area contributed by atoms with Crippen molar-refractivity contribution in [2.24, 2.45) is 5.14 Å². The number of benzene rings is 1. The van der Waals surface area contributed by atoms with Crippen LogP contribution in [0.4, 0.5) is 11.8 Å².